The summed E-state index contributed by atoms with van der Waals surface area (Å²) in [4.78, 5) is 0. The summed E-state index contributed by atoms with van der Waals surface area (Å²) in [5, 5.41) is 10.4. The summed E-state index contributed by atoms with van der Waals surface area (Å²) in [6.07, 6.45) is 6.41. The van der Waals surface area contributed by atoms with Gasteiger partial charge in [0.05, 0.1) is 6.10 Å². The normalized spacial score (nSPS) is 17.7. The van der Waals surface area contributed by atoms with Crippen molar-refractivity contribution in [2.45, 2.75) is 38.2 Å². The number of allylic oxidation sites excluding steroid dienone is 1. The minimum atomic E-state index is -0.767. The molecule has 0 radical (unpaired) electrons. The maximum atomic E-state index is 13.6. The molecule has 0 saturated carbocycles. The van der Waals surface area contributed by atoms with E-state index in [1.165, 1.54) is 24.5 Å². The topological polar surface area (TPSA) is 20.2 Å². The Morgan fingerprint density at radius 2 is 2.18 bits per heavy atom. The number of halogens is 2. The zero-order valence-electron chi connectivity index (χ0n) is 9.63. The van der Waals surface area contributed by atoms with Crippen molar-refractivity contribution in [2.75, 3.05) is 0 Å². The number of hydrogen-bond donors (Lipinski definition) is 1. The van der Waals surface area contributed by atoms with Crippen LogP contribution < -0.4 is 0 Å². The molecule has 1 aromatic carbocycles. The Morgan fingerprint density at radius 3 is 2.82 bits per heavy atom. The van der Waals surface area contributed by atoms with E-state index in [0.717, 1.165) is 12.8 Å². The molecule has 1 aliphatic rings. The van der Waals surface area contributed by atoms with E-state index in [9.17, 15) is 9.50 Å². The number of rotatable bonds is 3. The minimum absolute atomic E-state index is 0.334. The summed E-state index contributed by atoms with van der Waals surface area (Å²) in [6, 6.07) is 4.42. The molecular formula is C14H16ClFO. The molecule has 17 heavy (non-hydrogen) atoms. The quantitative estimate of drug-likeness (QED) is 0.793. The van der Waals surface area contributed by atoms with E-state index < -0.39 is 11.9 Å². The fraction of sp³-hybridized carbons (Fsp3) is 0.429. The second kappa shape index (κ2) is 5.65. The highest BCUT2D eigenvalue weighted by atomic mass is 35.5. The van der Waals surface area contributed by atoms with Crippen LogP contribution in [0.5, 0.6) is 0 Å². The summed E-state index contributed by atoms with van der Waals surface area (Å²) < 4.78 is 13.6. The largest absolute Gasteiger partial charge is 0.388 e. The van der Waals surface area contributed by atoms with E-state index >= 15 is 0 Å². The van der Waals surface area contributed by atoms with Gasteiger partial charge in [0.25, 0.3) is 0 Å². The highest BCUT2D eigenvalue weighted by Crippen LogP contribution is 2.29. The Kier molecular flexibility index (Phi) is 4.19. The van der Waals surface area contributed by atoms with Gasteiger partial charge in [0.1, 0.15) is 5.82 Å². The van der Waals surface area contributed by atoms with Crippen LogP contribution >= 0.6 is 11.6 Å². The molecule has 1 N–H and O–H groups in total. The molecule has 0 aromatic heterocycles. The Labute approximate surface area is 106 Å². The summed E-state index contributed by atoms with van der Waals surface area (Å²) in [7, 11) is 0. The molecule has 0 aliphatic heterocycles. The first-order chi connectivity index (χ1) is 8.16. The summed E-state index contributed by atoms with van der Waals surface area (Å²) in [6.45, 7) is 0. The first-order valence-electron chi connectivity index (χ1n) is 5.98. The van der Waals surface area contributed by atoms with Gasteiger partial charge in [-0.15, -0.1) is 0 Å². The Morgan fingerprint density at radius 1 is 1.35 bits per heavy atom. The fourth-order valence-corrected chi connectivity index (χ4v) is 2.38. The molecular weight excluding hydrogens is 239 g/mol. The summed E-state index contributed by atoms with van der Waals surface area (Å²) in [5.41, 5.74) is 1.57. The first-order valence-corrected chi connectivity index (χ1v) is 6.35. The van der Waals surface area contributed by atoms with Gasteiger partial charge in [-0.05, 0) is 44.2 Å². The molecule has 0 spiro atoms. The van der Waals surface area contributed by atoms with Gasteiger partial charge >= 0.3 is 0 Å². The molecule has 0 heterocycles. The molecule has 1 nitrogen and oxygen atoms in total. The molecule has 92 valence electrons. The molecule has 3 heteroatoms. The van der Waals surface area contributed by atoms with E-state index in [-0.39, 0.29) is 0 Å². The van der Waals surface area contributed by atoms with Gasteiger partial charge in [-0.25, -0.2) is 4.39 Å². The van der Waals surface area contributed by atoms with E-state index in [0.29, 0.717) is 17.0 Å². The predicted molar refractivity (Wildman–Crippen MR) is 67.5 cm³/mol. The lowest BCUT2D eigenvalue weighted by atomic mass is 9.93. The van der Waals surface area contributed by atoms with Crippen molar-refractivity contribution >= 4 is 11.6 Å². The summed E-state index contributed by atoms with van der Waals surface area (Å²) in [5.74, 6) is -0.429. The third-order valence-electron chi connectivity index (χ3n) is 3.16. The van der Waals surface area contributed by atoms with E-state index in [1.807, 2.05) is 0 Å². The van der Waals surface area contributed by atoms with Crippen LogP contribution in [0.3, 0.4) is 0 Å². The van der Waals surface area contributed by atoms with Crippen molar-refractivity contribution in [3.8, 4) is 0 Å². The molecule has 2 rings (SSSR count). The van der Waals surface area contributed by atoms with Gasteiger partial charge in [0.2, 0.25) is 0 Å². The third-order valence-corrected chi connectivity index (χ3v) is 3.40. The van der Waals surface area contributed by atoms with Gasteiger partial charge in [-0.3, -0.25) is 0 Å². The number of aliphatic hydroxyl groups excluding tert-OH is 1. The lowest BCUT2D eigenvalue weighted by Gasteiger charge is -2.17. The van der Waals surface area contributed by atoms with Crippen LogP contribution in [0.4, 0.5) is 4.39 Å². The van der Waals surface area contributed by atoms with Crippen molar-refractivity contribution in [3.63, 3.8) is 0 Å². The van der Waals surface area contributed by atoms with Gasteiger partial charge < -0.3 is 5.11 Å². The zero-order valence-corrected chi connectivity index (χ0v) is 10.4. The number of hydrogen-bond acceptors (Lipinski definition) is 1. The number of aliphatic hydroxyl groups is 1. The van der Waals surface area contributed by atoms with Crippen LogP contribution in [-0.2, 0) is 0 Å². The van der Waals surface area contributed by atoms with Crippen LogP contribution in [0, 0.1) is 5.82 Å². The van der Waals surface area contributed by atoms with Gasteiger partial charge in [-0.1, -0.05) is 29.3 Å². The van der Waals surface area contributed by atoms with Crippen LogP contribution in [0.2, 0.25) is 5.02 Å². The third kappa shape index (κ3) is 3.30. The smallest absolute Gasteiger partial charge is 0.130 e. The summed E-state index contributed by atoms with van der Waals surface area (Å²) >= 11 is 5.68. The zero-order chi connectivity index (χ0) is 12.3. The van der Waals surface area contributed by atoms with Crippen LogP contribution in [0.25, 0.3) is 0 Å². The monoisotopic (exact) mass is 254 g/mol. The maximum absolute atomic E-state index is 13.6. The lowest BCUT2D eigenvalue weighted by Crippen LogP contribution is -2.04. The molecule has 1 atom stereocenters. The molecule has 1 aromatic rings. The Bertz CT molecular complexity index is 428. The Hall–Kier alpha value is -0.860. The standard InChI is InChI=1S/C14H16ClFO/c15-11-6-7-12(13(16)9-11)14(17)8-10-4-2-1-3-5-10/h4,6-7,9,14,17H,1-3,5,8H2. The minimum Gasteiger partial charge on any atom is -0.388 e. The highest BCUT2D eigenvalue weighted by molar-refractivity contribution is 6.30. The molecule has 0 bridgehead atoms. The van der Waals surface area contributed by atoms with Crippen molar-refractivity contribution in [2.24, 2.45) is 0 Å². The van der Waals surface area contributed by atoms with Gasteiger partial charge in [-0.2, -0.15) is 0 Å². The second-order valence-corrected chi connectivity index (χ2v) is 4.93. The highest BCUT2D eigenvalue weighted by Gasteiger charge is 2.15. The van der Waals surface area contributed by atoms with E-state index in [4.69, 9.17) is 11.6 Å². The van der Waals surface area contributed by atoms with E-state index in [2.05, 4.69) is 6.08 Å². The van der Waals surface area contributed by atoms with E-state index in [1.54, 1.807) is 12.1 Å². The molecule has 0 fully saturated rings. The molecule has 0 amide bonds. The fourth-order valence-electron chi connectivity index (χ4n) is 2.22. The number of benzene rings is 1. The van der Waals surface area contributed by atoms with Gasteiger partial charge in [0.15, 0.2) is 0 Å². The van der Waals surface area contributed by atoms with Crippen molar-refractivity contribution in [3.05, 3.63) is 46.3 Å². The SMILES string of the molecule is OC(CC1=CCCCC1)c1ccc(Cl)cc1F. The molecule has 1 unspecified atom stereocenters. The molecule has 1 aliphatic carbocycles. The molecule has 0 saturated heterocycles. The maximum Gasteiger partial charge on any atom is 0.130 e. The van der Waals surface area contributed by atoms with Crippen LogP contribution in [0.1, 0.15) is 43.8 Å². The van der Waals surface area contributed by atoms with Crippen molar-refractivity contribution in [1.82, 2.24) is 0 Å². The van der Waals surface area contributed by atoms with Gasteiger partial charge in [0, 0.05) is 10.6 Å². The Balaban J connectivity index is 2.08. The lowest BCUT2D eigenvalue weighted by molar-refractivity contribution is 0.171. The van der Waals surface area contributed by atoms with Crippen LogP contribution in [-0.4, -0.2) is 5.11 Å². The van der Waals surface area contributed by atoms with Crippen LogP contribution in [0.15, 0.2) is 29.8 Å². The van der Waals surface area contributed by atoms with Crippen molar-refractivity contribution < 1.29 is 9.50 Å². The first kappa shape index (κ1) is 12.6. The average molecular weight is 255 g/mol. The van der Waals surface area contributed by atoms with Crippen molar-refractivity contribution in [1.29, 1.82) is 0 Å². The average Bonchev–Trinajstić information content (AvgIpc) is 2.30. The second-order valence-electron chi connectivity index (χ2n) is 4.49. The predicted octanol–water partition coefficient (Wildman–Crippen LogP) is 4.40.